The maximum atomic E-state index is 12.9. The molecule has 2 aromatic rings. The molecule has 7 nitrogen and oxygen atoms in total. The van der Waals surface area contributed by atoms with Gasteiger partial charge in [-0.2, -0.15) is 0 Å². The molecule has 2 rings (SSSR count). The van der Waals surface area contributed by atoms with Crippen molar-refractivity contribution in [1.82, 2.24) is 10.6 Å². The van der Waals surface area contributed by atoms with Crippen LogP contribution >= 0.6 is 10.8 Å². The molecule has 2 N–H and O–H groups in total. The first kappa shape index (κ1) is 30.7. The summed E-state index contributed by atoms with van der Waals surface area (Å²) in [6, 6.07) is 18.5. The lowest BCUT2D eigenvalue weighted by molar-refractivity contribution is 0.134. The molecule has 204 valence electrons. The monoisotopic (exact) mass is 548 g/mol. The Bertz CT molecular complexity index is 958. The van der Waals surface area contributed by atoms with Gasteiger partial charge >= 0.3 is 12.2 Å². The van der Waals surface area contributed by atoms with E-state index < -0.39 is 22.0 Å². The summed E-state index contributed by atoms with van der Waals surface area (Å²) in [4.78, 5) is 24.7. The smallest absolute Gasteiger partial charge is 0.407 e. The van der Waals surface area contributed by atoms with Crippen molar-refractivity contribution >= 4 is 32.8 Å². The number of carbonyl (C=O) groups is 2. The van der Waals surface area contributed by atoms with Crippen LogP contribution in [0.3, 0.4) is 0 Å². The third-order valence-corrected chi connectivity index (χ3v) is 8.40. The van der Waals surface area contributed by atoms with Crippen molar-refractivity contribution in [2.45, 2.75) is 65.8 Å². The maximum absolute atomic E-state index is 12.9. The van der Waals surface area contributed by atoms with Crippen LogP contribution in [0.4, 0.5) is 9.59 Å². The van der Waals surface area contributed by atoms with E-state index in [-0.39, 0.29) is 25.3 Å². The molecule has 0 bridgehead atoms. The largest absolute Gasteiger partial charge is 0.445 e. The molecule has 0 spiro atoms. The highest BCUT2D eigenvalue weighted by atomic mass is 33.1. The molecule has 0 aliphatic carbocycles. The zero-order valence-electron chi connectivity index (χ0n) is 22.2. The highest BCUT2D eigenvalue weighted by molar-refractivity contribution is 8.69. The number of benzene rings is 2. The molecule has 9 heteroatoms. The molecule has 0 aromatic heterocycles. The van der Waals surface area contributed by atoms with Gasteiger partial charge < -0.3 is 20.1 Å². The van der Waals surface area contributed by atoms with Gasteiger partial charge in [-0.25, -0.2) is 13.8 Å². The molecule has 0 aliphatic heterocycles. The van der Waals surface area contributed by atoms with Crippen molar-refractivity contribution in [3.05, 3.63) is 71.8 Å². The van der Waals surface area contributed by atoms with E-state index in [1.807, 2.05) is 60.7 Å². The topological polar surface area (TPSA) is 93.7 Å². The molecule has 3 atom stereocenters. The zero-order chi connectivity index (χ0) is 27.0. The van der Waals surface area contributed by atoms with Crippen LogP contribution in [0, 0.1) is 11.8 Å². The molecule has 2 aromatic carbocycles. The van der Waals surface area contributed by atoms with Gasteiger partial charge in [0.2, 0.25) is 0 Å². The molecular formula is C28H40N2O5S2. The van der Waals surface area contributed by atoms with E-state index in [1.54, 1.807) is 0 Å². The minimum atomic E-state index is -1.25. The van der Waals surface area contributed by atoms with E-state index in [0.717, 1.165) is 17.5 Å². The molecule has 0 radical (unpaired) electrons. The molecule has 2 amide bonds. The van der Waals surface area contributed by atoms with Crippen molar-refractivity contribution < 1.29 is 23.3 Å². The Morgan fingerprint density at radius 3 is 1.65 bits per heavy atom. The van der Waals surface area contributed by atoms with Crippen LogP contribution in [-0.2, 0) is 32.5 Å². The van der Waals surface area contributed by atoms with Gasteiger partial charge in [-0.3, -0.25) is 0 Å². The van der Waals surface area contributed by atoms with Crippen molar-refractivity contribution in [2.75, 3.05) is 11.5 Å². The lowest BCUT2D eigenvalue weighted by Gasteiger charge is -2.22. The minimum absolute atomic E-state index is 0.176. The van der Waals surface area contributed by atoms with E-state index in [1.165, 1.54) is 10.8 Å². The summed E-state index contributed by atoms with van der Waals surface area (Å²) in [5.41, 5.74) is 1.82. The quantitative estimate of drug-likeness (QED) is 0.263. The van der Waals surface area contributed by atoms with E-state index in [2.05, 4.69) is 38.3 Å². The number of nitrogens with one attached hydrogen (secondary N) is 2. The maximum Gasteiger partial charge on any atom is 0.407 e. The normalized spacial score (nSPS) is 13.6. The lowest BCUT2D eigenvalue weighted by atomic mass is 10.1. The fourth-order valence-electron chi connectivity index (χ4n) is 3.71. The molecule has 0 fully saturated rings. The first-order chi connectivity index (χ1) is 17.7. The predicted octanol–water partition coefficient (Wildman–Crippen LogP) is 6.07. The Morgan fingerprint density at radius 1 is 0.757 bits per heavy atom. The van der Waals surface area contributed by atoms with Crippen LogP contribution in [0.2, 0.25) is 0 Å². The average Bonchev–Trinajstić information content (AvgIpc) is 2.85. The van der Waals surface area contributed by atoms with Crippen molar-refractivity contribution in [2.24, 2.45) is 11.8 Å². The lowest BCUT2D eigenvalue weighted by Crippen LogP contribution is -2.40. The third-order valence-electron chi connectivity index (χ3n) is 5.32. The average molecular weight is 549 g/mol. The summed E-state index contributed by atoms with van der Waals surface area (Å²) in [6.45, 7) is 8.66. The van der Waals surface area contributed by atoms with Crippen LogP contribution < -0.4 is 10.6 Å². The van der Waals surface area contributed by atoms with Gasteiger partial charge in [-0.05, 0) is 35.8 Å². The number of ether oxygens (including phenoxy) is 2. The Labute approximate surface area is 227 Å². The Hall–Kier alpha value is -2.52. The van der Waals surface area contributed by atoms with Crippen LogP contribution in [0.25, 0.3) is 0 Å². The van der Waals surface area contributed by atoms with Gasteiger partial charge in [0.15, 0.2) is 0 Å². The summed E-state index contributed by atoms with van der Waals surface area (Å²) >= 11 is 0. The summed E-state index contributed by atoms with van der Waals surface area (Å²) in [7, 11) is 0.0332. The number of amides is 2. The van der Waals surface area contributed by atoms with E-state index in [9.17, 15) is 13.8 Å². The number of carbonyl (C=O) groups excluding carboxylic acids is 2. The Morgan fingerprint density at radius 2 is 1.19 bits per heavy atom. The van der Waals surface area contributed by atoms with Crippen LogP contribution in [0.1, 0.15) is 51.7 Å². The standard InChI is InChI=1S/C28H40N2O5S2/c1-21(2)15-25(29-27(31)34-17-23-11-7-5-8-12-23)19-36-37(33)20-26(16-22(3)4)30-28(32)35-18-24-13-9-6-10-14-24/h5-14,21-22,25-26H,15-20H2,1-4H3,(H,29,31)(H,30,32)/t25-,26-,37?/m0/s1. The Kier molecular flexibility index (Phi) is 14.2. The first-order valence-corrected chi connectivity index (χ1v) is 15.5. The van der Waals surface area contributed by atoms with Gasteiger partial charge in [-0.1, -0.05) is 99.2 Å². The SMILES string of the molecule is CC(C)C[C@@H](CSS(=O)C[C@H](CC(C)C)NC(=O)OCc1ccccc1)NC(=O)OCc1ccccc1. The fourth-order valence-corrected chi connectivity index (χ4v) is 6.62. The molecule has 0 saturated heterocycles. The van der Waals surface area contributed by atoms with Gasteiger partial charge in [0.05, 0.1) is 15.6 Å². The first-order valence-electron chi connectivity index (χ1n) is 12.7. The van der Waals surface area contributed by atoms with Gasteiger partial charge in [0.1, 0.15) is 13.2 Å². The van der Waals surface area contributed by atoms with Gasteiger partial charge in [0.25, 0.3) is 0 Å². The second-order valence-corrected chi connectivity index (χ2v) is 13.2. The summed E-state index contributed by atoms with van der Waals surface area (Å²) in [5.74, 6) is 1.45. The highest BCUT2D eigenvalue weighted by Crippen LogP contribution is 2.18. The second kappa shape index (κ2) is 17.1. The Balaban J connectivity index is 1.82. The second-order valence-electron chi connectivity index (χ2n) is 9.82. The molecule has 37 heavy (non-hydrogen) atoms. The fraction of sp³-hybridized carbons (Fsp3) is 0.500. The number of rotatable bonds is 15. The summed E-state index contributed by atoms with van der Waals surface area (Å²) < 4.78 is 23.6. The highest BCUT2D eigenvalue weighted by Gasteiger charge is 2.21. The van der Waals surface area contributed by atoms with Crippen molar-refractivity contribution in [3.63, 3.8) is 0 Å². The number of hydrogen-bond acceptors (Lipinski definition) is 6. The van der Waals surface area contributed by atoms with Crippen molar-refractivity contribution in [1.29, 1.82) is 0 Å². The van der Waals surface area contributed by atoms with Gasteiger partial charge in [0, 0.05) is 17.8 Å². The van der Waals surface area contributed by atoms with Crippen LogP contribution in [0.5, 0.6) is 0 Å². The third kappa shape index (κ3) is 14.1. The van der Waals surface area contributed by atoms with Gasteiger partial charge in [-0.15, -0.1) is 0 Å². The van der Waals surface area contributed by atoms with E-state index in [0.29, 0.717) is 29.8 Å². The molecular weight excluding hydrogens is 508 g/mol. The molecule has 0 aliphatic rings. The van der Waals surface area contributed by atoms with Crippen molar-refractivity contribution in [3.8, 4) is 0 Å². The minimum Gasteiger partial charge on any atom is -0.445 e. The van der Waals surface area contributed by atoms with E-state index >= 15 is 0 Å². The van der Waals surface area contributed by atoms with Crippen LogP contribution in [-0.4, -0.2) is 40.0 Å². The van der Waals surface area contributed by atoms with E-state index in [4.69, 9.17) is 9.47 Å². The number of alkyl carbamates (subject to hydrolysis) is 2. The number of hydrogen-bond donors (Lipinski definition) is 2. The van der Waals surface area contributed by atoms with Crippen LogP contribution in [0.15, 0.2) is 60.7 Å². The predicted molar refractivity (Wildman–Crippen MR) is 151 cm³/mol. The molecule has 0 heterocycles. The zero-order valence-corrected chi connectivity index (χ0v) is 23.8. The summed E-state index contributed by atoms with van der Waals surface area (Å²) in [6.07, 6.45) is 0.425. The molecule has 1 unspecified atom stereocenters. The summed E-state index contributed by atoms with van der Waals surface area (Å²) in [5, 5.41) is 5.79. The molecule has 0 saturated carbocycles.